The molecule has 0 fully saturated rings. The minimum atomic E-state index is -0.571. The summed E-state index contributed by atoms with van der Waals surface area (Å²) in [6.45, 7) is 0. The van der Waals surface area contributed by atoms with Crippen LogP contribution in [0.15, 0.2) is 192 Å². The van der Waals surface area contributed by atoms with Crippen LogP contribution in [0.3, 0.4) is 0 Å². The van der Waals surface area contributed by atoms with Crippen LogP contribution in [0.1, 0.15) is 22.3 Å². The van der Waals surface area contributed by atoms with Crippen molar-refractivity contribution in [3.05, 3.63) is 205 Å². The van der Waals surface area contributed by atoms with Crippen LogP contribution in [0.25, 0.3) is 67.2 Å². The largest absolute Gasteiger partial charge is 0.264 e. The summed E-state index contributed by atoms with van der Waals surface area (Å²) < 4.78 is 0. The zero-order valence-corrected chi connectivity index (χ0v) is 29.8. The quantitative estimate of drug-likeness (QED) is 0.182. The molecule has 0 saturated heterocycles. The van der Waals surface area contributed by atoms with E-state index in [1.165, 1.54) is 59.7 Å². The van der Waals surface area contributed by atoms with Crippen molar-refractivity contribution in [1.29, 1.82) is 0 Å². The van der Waals surface area contributed by atoms with Gasteiger partial charge in [0.15, 0.2) is 17.5 Å². The lowest BCUT2D eigenvalue weighted by molar-refractivity contribution is 0.723. The molecule has 7 aromatic carbocycles. The molecule has 2 aromatic heterocycles. The Bertz CT molecular complexity index is 2810. The van der Waals surface area contributed by atoms with Gasteiger partial charge in [-0.2, -0.15) is 0 Å². The van der Waals surface area contributed by atoms with Gasteiger partial charge in [-0.15, -0.1) is 0 Å². The summed E-state index contributed by atoms with van der Waals surface area (Å²) in [6.07, 6.45) is 3.83. The number of aromatic nitrogens is 4. The Morgan fingerprint density at radius 1 is 0.389 bits per heavy atom. The molecule has 0 radical (unpaired) electrons. The van der Waals surface area contributed by atoms with E-state index < -0.39 is 5.41 Å². The van der Waals surface area contributed by atoms with Gasteiger partial charge < -0.3 is 0 Å². The molecule has 5 heteroatoms. The molecular weight excluding hydrogens is 677 g/mol. The van der Waals surface area contributed by atoms with Gasteiger partial charge in [0.2, 0.25) is 0 Å². The van der Waals surface area contributed by atoms with Crippen LogP contribution in [0.2, 0.25) is 0 Å². The van der Waals surface area contributed by atoms with E-state index in [0.29, 0.717) is 17.5 Å². The summed E-state index contributed by atoms with van der Waals surface area (Å²) in [7, 11) is 0. The first-order valence-electron chi connectivity index (χ1n) is 18.1. The number of rotatable bonds is 4. The summed E-state index contributed by atoms with van der Waals surface area (Å²) in [5.41, 5.74) is 12.3. The molecule has 0 amide bonds. The molecular formula is C49H30N4S. The summed E-state index contributed by atoms with van der Waals surface area (Å²) in [5.74, 6) is 1.95. The second-order valence-electron chi connectivity index (χ2n) is 13.8. The van der Waals surface area contributed by atoms with E-state index in [0.717, 1.165) is 22.1 Å². The fourth-order valence-electron chi connectivity index (χ4n) is 8.52. The Hall–Kier alpha value is -6.69. The van der Waals surface area contributed by atoms with Crippen LogP contribution in [0.5, 0.6) is 0 Å². The van der Waals surface area contributed by atoms with Crippen LogP contribution in [-0.2, 0) is 5.41 Å². The summed E-state index contributed by atoms with van der Waals surface area (Å²) >= 11 is 1.84. The highest BCUT2D eigenvalue weighted by molar-refractivity contribution is 7.99. The van der Waals surface area contributed by atoms with E-state index in [9.17, 15) is 0 Å². The van der Waals surface area contributed by atoms with Crippen LogP contribution in [0, 0.1) is 0 Å². The van der Waals surface area contributed by atoms with Gasteiger partial charge in [0.05, 0.1) is 5.41 Å². The summed E-state index contributed by atoms with van der Waals surface area (Å²) in [6, 6.07) is 60.7. The number of benzene rings is 7. The van der Waals surface area contributed by atoms with Gasteiger partial charge >= 0.3 is 0 Å². The topological polar surface area (TPSA) is 51.6 Å². The maximum absolute atomic E-state index is 5.14. The average molecular weight is 707 g/mol. The van der Waals surface area contributed by atoms with Crippen LogP contribution in [0.4, 0.5) is 0 Å². The van der Waals surface area contributed by atoms with E-state index >= 15 is 0 Å². The number of nitrogens with zero attached hydrogens (tertiary/aromatic N) is 4. The average Bonchev–Trinajstić information content (AvgIpc) is 3.54. The predicted octanol–water partition coefficient (Wildman–Crippen LogP) is 11.9. The first-order valence-corrected chi connectivity index (χ1v) is 18.9. The normalized spacial score (nSPS) is 13.3. The first kappa shape index (κ1) is 30.9. The minimum absolute atomic E-state index is 0.571. The van der Waals surface area contributed by atoms with Crippen LogP contribution >= 0.6 is 11.8 Å². The fraction of sp³-hybridized carbons (Fsp3) is 0.0204. The second-order valence-corrected chi connectivity index (χ2v) is 14.9. The van der Waals surface area contributed by atoms with Gasteiger partial charge in [-0.3, -0.25) is 4.98 Å². The third kappa shape index (κ3) is 4.65. The van der Waals surface area contributed by atoms with Crippen LogP contribution in [-0.4, -0.2) is 19.9 Å². The summed E-state index contributed by atoms with van der Waals surface area (Å²) in [4.78, 5) is 22.2. The zero-order valence-electron chi connectivity index (χ0n) is 29.0. The van der Waals surface area contributed by atoms with Gasteiger partial charge in [-0.25, -0.2) is 15.0 Å². The van der Waals surface area contributed by atoms with E-state index in [1.807, 2.05) is 60.6 Å². The molecule has 1 aliphatic carbocycles. The minimum Gasteiger partial charge on any atom is -0.264 e. The summed E-state index contributed by atoms with van der Waals surface area (Å²) in [5, 5.41) is 2.32. The molecule has 0 N–H and O–H groups in total. The Morgan fingerprint density at radius 2 is 0.907 bits per heavy atom. The van der Waals surface area contributed by atoms with Crippen LogP contribution < -0.4 is 0 Å². The zero-order chi connectivity index (χ0) is 35.6. The molecule has 1 aliphatic heterocycles. The van der Waals surface area contributed by atoms with E-state index in [4.69, 9.17) is 15.0 Å². The van der Waals surface area contributed by atoms with Crippen molar-refractivity contribution in [2.45, 2.75) is 15.2 Å². The molecule has 252 valence electrons. The molecule has 3 heterocycles. The van der Waals surface area contributed by atoms with E-state index in [2.05, 4.69) is 138 Å². The first-order chi connectivity index (χ1) is 26.8. The third-order valence-corrected chi connectivity index (χ3v) is 12.0. The number of fused-ring (bicyclic) bond motifs is 10. The van der Waals surface area contributed by atoms with Gasteiger partial charge in [0.25, 0.3) is 0 Å². The molecule has 0 unspecified atom stereocenters. The Kier molecular flexibility index (Phi) is 6.97. The van der Waals surface area contributed by atoms with Crippen molar-refractivity contribution in [2.24, 2.45) is 0 Å². The lowest BCUT2D eigenvalue weighted by atomic mass is 9.66. The number of hydrogen-bond acceptors (Lipinski definition) is 5. The highest BCUT2D eigenvalue weighted by Crippen LogP contribution is 2.62. The maximum atomic E-state index is 5.14. The standard InChI is InChI=1S/C49H30N4S/c1-3-12-31(13-4-1)46-51-47(32-14-5-2-6-15-32)53-48(52-46)34-23-25-45-43(29-34)49(40-20-9-7-17-38(40)39-18-8-10-21-41(39)49)42-28-33(22-24-44(42)54-45)36-19-11-16-35-30-50-27-26-37(35)36/h1-30H. The highest BCUT2D eigenvalue weighted by Gasteiger charge is 2.50. The van der Waals surface area contributed by atoms with Crippen molar-refractivity contribution in [3.8, 4) is 56.4 Å². The number of hydrogen-bond donors (Lipinski definition) is 0. The van der Waals surface area contributed by atoms with Crippen molar-refractivity contribution in [2.75, 3.05) is 0 Å². The Labute approximate surface area is 317 Å². The molecule has 9 aromatic rings. The molecule has 1 spiro atoms. The van der Waals surface area contributed by atoms with E-state index in [-0.39, 0.29) is 0 Å². The molecule has 0 atom stereocenters. The highest BCUT2D eigenvalue weighted by atomic mass is 32.2. The van der Waals surface area contributed by atoms with Gasteiger partial charge in [-0.1, -0.05) is 151 Å². The smallest absolute Gasteiger partial charge is 0.164 e. The Balaban J connectivity index is 1.19. The van der Waals surface area contributed by atoms with Gasteiger partial charge in [0, 0.05) is 44.3 Å². The van der Waals surface area contributed by atoms with Crippen molar-refractivity contribution < 1.29 is 0 Å². The lowest BCUT2D eigenvalue weighted by Crippen LogP contribution is -2.32. The second kappa shape index (κ2) is 12.2. The molecule has 11 rings (SSSR count). The third-order valence-electron chi connectivity index (χ3n) is 10.9. The van der Waals surface area contributed by atoms with Crippen molar-refractivity contribution in [1.82, 2.24) is 19.9 Å². The molecule has 54 heavy (non-hydrogen) atoms. The molecule has 0 bridgehead atoms. The van der Waals surface area contributed by atoms with Crippen molar-refractivity contribution >= 4 is 22.5 Å². The van der Waals surface area contributed by atoms with Crippen molar-refractivity contribution in [3.63, 3.8) is 0 Å². The van der Waals surface area contributed by atoms with E-state index in [1.54, 1.807) is 0 Å². The molecule has 4 nitrogen and oxygen atoms in total. The Morgan fingerprint density at radius 3 is 1.54 bits per heavy atom. The lowest BCUT2D eigenvalue weighted by Gasteiger charge is -2.40. The molecule has 2 aliphatic rings. The fourth-order valence-corrected chi connectivity index (χ4v) is 9.67. The monoisotopic (exact) mass is 706 g/mol. The van der Waals surface area contributed by atoms with Gasteiger partial charge in [0.1, 0.15) is 0 Å². The SMILES string of the molecule is c1ccc(-c2nc(-c3ccccc3)nc(-c3ccc4c(c3)C3(c5cc(-c6cccc7cnccc67)ccc5S4)c4ccccc4-c4ccccc43)n2)cc1. The predicted molar refractivity (Wildman–Crippen MR) is 218 cm³/mol. The molecule has 0 saturated carbocycles. The number of pyridine rings is 1. The maximum Gasteiger partial charge on any atom is 0.164 e. The van der Waals surface area contributed by atoms with Gasteiger partial charge in [-0.05, 0) is 80.2 Å².